The van der Waals surface area contributed by atoms with E-state index in [1.807, 2.05) is 18.2 Å². The Morgan fingerprint density at radius 2 is 1.85 bits per heavy atom. The smallest absolute Gasteiger partial charge is 0.330 e. The van der Waals surface area contributed by atoms with Crippen molar-refractivity contribution in [1.29, 1.82) is 0 Å². The molecule has 2 aromatic rings. The van der Waals surface area contributed by atoms with Crippen LogP contribution in [0.25, 0.3) is 27.6 Å². The molecule has 2 aromatic carbocycles. The average Bonchev–Trinajstić information content (AvgIpc) is 2.78. The molecule has 6 rings (SSSR count). The Kier molecular flexibility index (Phi) is 5.63. The topological polar surface area (TPSA) is 95.3 Å². The predicted molar refractivity (Wildman–Crippen MR) is 128 cm³/mol. The van der Waals surface area contributed by atoms with E-state index in [4.69, 9.17) is 10.3 Å². The fourth-order valence-corrected chi connectivity index (χ4v) is 6.95. The molecular formula is C27H29N3O3. The molecule has 4 aliphatic rings. The van der Waals surface area contributed by atoms with Gasteiger partial charge in [0.25, 0.3) is 0 Å². The molecule has 6 heteroatoms. The minimum atomic E-state index is -0.411. The number of benzene rings is 2. The molecule has 33 heavy (non-hydrogen) atoms. The van der Waals surface area contributed by atoms with Gasteiger partial charge in [-0.25, -0.2) is 4.79 Å². The van der Waals surface area contributed by atoms with E-state index in [1.54, 1.807) is 25.1 Å². The molecule has 4 saturated carbocycles. The standard InChI is InChI=1S/C27H29N3O3/c1-2-33-26(32)8-4-17-3-6-22(24(12-17)29-30-28)21-5-7-25(31)23(13-21)27-14-18-9-19(15-27)11-20(10-18)16-27/h3-8,12-13,18-20,31H,2,9-11,14-16H2,1H3/b8-4+. The lowest BCUT2D eigenvalue weighted by Crippen LogP contribution is -2.48. The molecule has 4 bridgehead atoms. The number of phenolic OH excluding ortho intramolecular Hbond substituents is 1. The van der Waals surface area contributed by atoms with Crippen LogP contribution in [0, 0.1) is 17.8 Å². The van der Waals surface area contributed by atoms with Gasteiger partial charge in [0.05, 0.1) is 6.61 Å². The van der Waals surface area contributed by atoms with E-state index < -0.39 is 5.97 Å². The molecule has 6 nitrogen and oxygen atoms in total. The highest BCUT2D eigenvalue weighted by atomic mass is 16.5. The monoisotopic (exact) mass is 443 g/mol. The van der Waals surface area contributed by atoms with Crippen molar-refractivity contribution in [3.8, 4) is 16.9 Å². The van der Waals surface area contributed by atoms with Crippen molar-refractivity contribution in [1.82, 2.24) is 0 Å². The molecule has 0 atom stereocenters. The van der Waals surface area contributed by atoms with Gasteiger partial charge in [-0.15, -0.1) is 0 Å². The SMILES string of the molecule is CCOC(=O)/C=C/c1ccc(-c2ccc(O)c(C34CC5CC(CC(C5)C3)C4)c2)c(N=[N+]=[N-])c1. The number of carbonyl (C=O) groups is 1. The van der Waals surface area contributed by atoms with Crippen LogP contribution in [0.5, 0.6) is 5.75 Å². The van der Waals surface area contributed by atoms with E-state index in [0.29, 0.717) is 18.0 Å². The zero-order valence-corrected chi connectivity index (χ0v) is 18.9. The molecular weight excluding hydrogens is 414 g/mol. The Hall–Kier alpha value is -3.24. The summed E-state index contributed by atoms with van der Waals surface area (Å²) in [5.74, 6) is 2.31. The summed E-state index contributed by atoms with van der Waals surface area (Å²) in [6.07, 6.45) is 10.6. The number of hydrogen-bond donors (Lipinski definition) is 1. The molecule has 0 spiro atoms. The second kappa shape index (κ2) is 8.60. The van der Waals surface area contributed by atoms with Gasteiger partial charge in [-0.3, -0.25) is 0 Å². The van der Waals surface area contributed by atoms with E-state index >= 15 is 0 Å². The second-order valence-corrected chi connectivity index (χ2v) is 9.98. The van der Waals surface area contributed by atoms with E-state index in [-0.39, 0.29) is 5.41 Å². The van der Waals surface area contributed by atoms with Gasteiger partial charge in [0, 0.05) is 22.2 Å². The van der Waals surface area contributed by atoms with Crippen LogP contribution in [-0.2, 0) is 14.9 Å². The highest BCUT2D eigenvalue weighted by molar-refractivity contribution is 5.88. The first-order valence-corrected chi connectivity index (χ1v) is 11.9. The highest BCUT2D eigenvalue weighted by Gasteiger charge is 2.52. The van der Waals surface area contributed by atoms with E-state index in [1.165, 1.54) is 25.3 Å². The molecule has 1 N–H and O–H groups in total. The average molecular weight is 444 g/mol. The molecule has 170 valence electrons. The van der Waals surface area contributed by atoms with Crippen molar-refractivity contribution < 1.29 is 14.6 Å². The lowest BCUT2D eigenvalue weighted by atomic mass is 9.48. The van der Waals surface area contributed by atoms with Crippen LogP contribution < -0.4 is 0 Å². The quantitative estimate of drug-likeness (QED) is 0.170. The number of rotatable bonds is 6. The van der Waals surface area contributed by atoms with Crippen molar-refractivity contribution in [3.05, 3.63) is 64.0 Å². The number of ether oxygens (including phenoxy) is 1. The fraction of sp³-hybridized carbons (Fsp3) is 0.444. The summed E-state index contributed by atoms with van der Waals surface area (Å²) >= 11 is 0. The molecule has 0 radical (unpaired) electrons. The van der Waals surface area contributed by atoms with E-state index in [0.717, 1.165) is 59.3 Å². The van der Waals surface area contributed by atoms with Crippen molar-refractivity contribution in [2.75, 3.05) is 6.61 Å². The first-order chi connectivity index (χ1) is 16.0. The Bertz CT molecular complexity index is 1130. The van der Waals surface area contributed by atoms with Gasteiger partial charge in [0.2, 0.25) is 0 Å². The Labute approximate surface area is 193 Å². The Morgan fingerprint density at radius 3 is 2.48 bits per heavy atom. The van der Waals surface area contributed by atoms with Crippen LogP contribution in [0.1, 0.15) is 56.6 Å². The lowest BCUT2D eigenvalue weighted by Gasteiger charge is -2.57. The number of esters is 1. The molecule has 0 aliphatic heterocycles. The summed E-state index contributed by atoms with van der Waals surface area (Å²) in [7, 11) is 0. The zero-order valence-electron chi connectivity index (χ0n) is 18.9. The van der Waals surface area contributed by atoms with Crippen molar-refractivity contribution in [2.24, 2.45) is 22.9 Å². The summed E-state index contributed by atoms with van der Waals surface area (Å²) < 4.78 is 4.93. The zero-order chi connectivity index (χ0) is 23.0. The largest absolute Gasteiger partial charge is 0.508 e. The van der Waals surface area contributed by atoms with E-state index in [2.05, 4.69) is 16.1 Å². The van der Waals surface area contributed by atoms with Gasteiger partial charge >= 0.3 is 5.97 Å². The number of carbonyl (C=O) groups excluding carboxylic acids is 1. The van der Waals surface area contributed by atoms with Crippen LogP contribution in [0.4, 0.5) is 5.69 Å². The van der Waals surface area contributed by atoms with Crippen LogP contribution >= 0.6 is 0 Å². The lowest BCUT2D eigenvalue weighted by molar-refractivity contribution is -0.137. The molecule has 0 amide bonds. The second-order valence-electron chi connectivity index (χ2n) is 9.98. The molecule has 0 heterocycles. The third-order valence-electron chi connectivity index (χ3n) is 7.79. The maximum atomic E-state index is 11.6. The fourth-order valence-electron chi connectivity index (χ4n) is 6.95. The third kappa shape index (κ3) is 4.11. The maximum Gasteiger partial charge on any atom is 0.330 e. The molecule has 4 fully saturated rings. The normalized spacial score (nSPS) is 27.5. The van der Waals surface area contributed by atoms with Crippen LogP contribution in [0.15, 0.2) is 47.6 Å². The van der Waals surface area contributed by atoms with Crippen LogP contribution in [-0.4, -0.2) is 17.7 Å². The summed E-state index contributed by atoms with van der Waals surface area (Å²) in [5, 5.41) is 14.8. The summed E-state index contributed by atoms with van der Waals surface area (Å²) in [5.41, 5.74) is 13.2. The molecule has 4 aliphatic carbocycles. The minimum Gasteiger partial charge on any atom is -0.508 e. The maximum absolute atomic E-state index is 11.6. The molecule has 0 saturated heterocycles. The van der Waals surface area contributed by atoms with Crippen LogP contribution in [0.3, 0.4) is 0 Å². The van der Waals surface area contributed by atoms with Crippen molar-refractivity contribution >= 4 is 17.7 Å². The predicted octanol–water partition coefficient (Wildman–Crippen LogP) is 7.05. The molecule has 0 aromatic heterocycles. The number of aromatic hydroxyl groups is 1. The van der Waals surface area contributed by atoms with Gasteiger partial charge in [-0.05, 0) is 115 Å². The molecule has 0 unspecified atom stereocenters. The summed E-state index contributed by atoms with van der Waals surface area (Å²) in [4.78, 5) is 14.6. The summed E-state index contributed by atoms with van der Waals surface area (Å²) in [6.45, 7) is 2.08. The van der Waals surface area contributed by atoms with Gasteiger partial charge in [0.1, 0.15) is 5.75 Å². The number of phenols is 1. The number of hydrogen-bond acceptors (Lipinski definition) is 4. The summed E-state index contributed by atoms with van der Waals surface area (Å²) in [6, 6.07) is 11.4. The van der Waals surface area contributed by atoms with Gasteiger partial charge in [0.15, 0.2) is 0 Å². The number of nitrogens with zero attached hydrogens (tertiary/aromatic N) is 3. The van der Waals surface area contributed by atoms with E-state index in [9.17, 15) is 9.90 Å². The first kappa shape index (κ1) is 21.6. The van der Waals surface area contributed by atoms with Gasteiger partial charge in [-0.1, -0.05) is 23.3 Å². The Balaban J connectivity index is 1.51. The number of azide groups is 1. The van der Waals surface area contributed by atoms with Crippen LogP contribution in [0.2, 0.25) is 0 Å². The first-order valence-electron chi connectivity index (χ1n) is 11.9. The third-order valence-corrected chi connectivity index (χ3v) is 7.79. The van der Waals surface area contributed by atoms with Gasteiger partial charge in [-0.2, -0.15) is 0 Å². The Morgan fingerprint density at radius 1 is 1.15 bits per heavy atom. The minimum absolute atomic E-state index is 0.0653. The highest BCUT2D eigenvalue weighted by Crippen LogP contribution is 2.62. The van der Waals surface area contributed by atoms with Crippen molar-refractivity contribution in [3.63, 3.8) is 0 Å². The van der Waals surface area contributed by atoms with Gasteiger partial charge < -0.3 is 9.84 Å². The van der Waals surface area contributed by atoms with Crippen molar-refractivity contribution in [2.45, 2.75) is 50.9 Å².